The van der Waals surface area contributed by atoms with Crippen molar-refractivity contribution < 1.29 is 0 Å². The largest absolute Gasteiger partial charge is 0.393 e. The van der Waals surface area contributed by atoms with Crippen molar-refractivity contribution in [1.82, 2.24) is 0 Å². The van der Waals surface area contributed by atoms with Gasteiger partial charge in [-0.3, -0.25) is 0 Å². The van der Waals surface area contributed by atoms with Crippen molar-refractivity contribution in [2.45, 2.75) is 12.2 Å². The van der Waals surface area contributed by atoms with E-state index in [9.17, 15) is 0 Å². The Morgan fingerprint density at radius 2 is 1.92 bits per heavy atom. The van der Waals surface area contributed by atoms with Crippen LogP contribution in [0, 0.1) is 39.4 Å². The summed E-state index contributed by atoms with van der Waals surface area (Å²) in [6.45, 7) is 1.72. The van der Waals surface area contributed by atoms with Crippen LogP contribution in [0.15, 0.2) is 10.6 Å². The first-order valence-corrected chi connectivity index (χ1v) is 4.40. The Morgan fingerprint density at radius 3 is 2.23 bits per heavy atom. The molecule has 0 saturated carbocycles. The molecule has 1 aliphatic heterocycles. The van der Waals surface area contributed by atoms with Crippen LogP contribution in [0.5, 0.6) is 0 Å². The van der Waals surface area contributed by atoms with E-state index in [0.29, 0.717) is 0 Å². The molecule has 1 heterocycles. The number of hydrogen-bond donors (Lipinski definition) is 1. The van der Waals surface area contributed by atoms with Crippen LogP contribution in [-0.2, 0) is 0 Å². The first kappa shape index (κ1) is 9.45. The number of nitriles is 3. The Kier molecular flexibility index (Phi) is 2.19. The van der Waals surface area contributed by atoms with Crippen molar-refractivity contribution in [3.05, 3.63) is 10.6 Å². The maximum Gasteiger partial charge on any atom is 0.192 e. The minimum atomic E-state index is -1.36. The first-order valence-electron chi connectivity index (χ1n) is 3.52. The lowest BCUT2D eigenvalue weighted by Crippen LogP contribution is -2.25. The van der Waals surface area contributed by atoms with Crippen LogP contribution < -0.4 is 5.73 Å². The van der Waals surface area contributed by atoms with E-state index in [2.05, 4.69) is 0 Å². The summed E-state index contributed by atoms with van der Waals surface area (Å²) in [7, 11) is 0. The summed E-state index contributed by atoms with van der Waals surface area (Å²) >= 11 is 1.20. The monoisotopic (exact) mass is 190 g/mol. The number of allylic oxidation sites excluding steroid dienone is 1. The highest BCUT2D eigenvalue weighted by atomic mass is 32.2. The third-order valence-electron chi connectivity index (χ3n) is 2.02. The van der Waals surface area contributed by atoms with Crippen molar-refractivity contribution in [3.63, 3.8) is 0 Å². The van der Waals surface area contributed by atoms with E-state index in [1.807, 2.05) is 18.2 Å². The second kappa shape index (κ2) is 3.01. The van der Waals surface area contributed by atoms with Gasteiger partial charge in [-0.25, -0.2) is 0 Å². The number of thioether (sulfide) groups is 1. The quantitative estimate of drug-likeness (QED) is 0.610. The highest BCUT2D eigenvalue weighted by Gasteiger charge is 2.48. The molecule has 5 heteroatoms. The zero-order chi connectivity index (χ0) is 10.1. The van der Waals surface area contributed by atoms with E-state index < -0.39 is 5.41 Å². The number of rotatable bonds is 0. The van der Waals surface area contributed by atoms with Crippen LogP contribution in [0.1, 0.15) is 6.92 Å². The molecule has 4 nitrogen and oxygen atoms in total. The fourth-order valence-electron chi connectivity index (χ4n) is 1.20. The van der Waals surface area contributed by atoms with E-state index in [4.69, 9.17) is 21.5 Å². The van der Waals surface area contributed by atoms with Crippen molar-refractivity contribution in [1.29, 1.82) is 15.8 Å². The highest BCUT2D eigenvalue weighted by Crippen LogP contribution is 2.47. The molecule has 1 atom stereocenters. The molecule has 0 spiro atoms. The fraction of sp³-hybridized carbons (Fsp3) is 0.375. The molecule has 2 N–H and O–H groups in total. The molecule has 64 valence electrons. The number of nitrogens with zero attached hydrogens (tertiary/aromatic N) is 3. The van der Waals surface area contributed by atoms with Gasteiger partial charge >= 0.3 is 0 Å². The summed E-state index contributed by atoms with van der Waals surface area (Å²) in [4.78, 5) is 0. The van der Waals surface area contributed by atoms with Gasteiger partial charge in [-0.2, -0.15) is 15.8 Å². The molecule has 0 aromatic rings. The lowest BCUT2D eigenvalue weighted by molar-refractivity contribution is 0.638. The van der Waals surface area contributed by atoms with Crippen molar-refractivity contribution in [3.8, 4) is 18.2 Å². The zero-order valence-electron chi connectivity index (χ0n) is 6.90. The van der Waals surface area contributed by atoms with Crippen molar-refractivity contribution >= 4 is 11.8 Å². The summed E-state index contributed by atoms with van der Waals surface area (Å²) < 4.78 is 0. The van der Waals surface area contributed by atoms with Gasteiger partial charge in [0.15, 0.2) is 5.41 Å². The van der Waals surface area contributed by atoms with Crippen molar-refractivity contribution in [2.24, 2.45) is 11.1 Å². The minimum absolute atomic E-state index is 0.0926. The van der Waals surface area contributed by atoms with E-state index in [0.717, 1.165) is 0 Å². The van der Waals surface area contributed by atoms with Gasteiger partial charge in [-0.15, -0.1) is 11.8 Å². The molecular weight excluding hydrogens is 184 g/mol. The molecule has 0 amide bonds. The third kappa shape index (κ3) is 1.04. The first-order chi connectivity index (χ1) is 6.12. The minimum Gasteiger partial charge on any atom is -0.393 e. The normalized spacial score (nSPS) is 24.6. The molecule has 1 rings (SSSR count). The van der Waals surface area contributed by atoms with E-state index >= 15 is 0 Å². The lowest BCUT2D eigenvalue weighted by Gasteiger charge is -2.15. The molecule has 0 unspecified atom stereocenters. The van der Waals surface area contributed by atoms with Gasteiger partial charge in [-0.1, -0.05) is 0 Å². The van der Waals surface area contributed by atoms with Crippen LogP contribution in [0.3, 0.4) is 0 Å². The summed E-state index contributed by atoms with van der Waals surface area (Å²) in [5.74, 6) is 0. The summed E-state index contributed by atoms with van der Waals surface area (Å²) in [6.07, 6.45) is 0. The molecule has 0 radical (unpaired) electrons. The topological polar surface area (TPSA) is 97.4 Å². The predicted octanol–water partition coefficient (Wildman–Crippen LogP) is 0.849. The summed E-state index contributed by atoms with van der Waals surface area (Å²) in [6, 6.07) is 5.56. The van der Waals surface area contributed by atoms with Gasteiger partial charge in [0.1, 0.15) is 6.07 Å². The van der Waals surface area contributed by atoms with Gasteiger partial charge in [0.05, 0.1) is 22.7 Å². The van der Waals surface area contributed by atoms with Crippen LogP contribution in [0.2, 0.25) is 0 Å². The maximum absolute atomic E-state index is 8.88. The maximum atomic E-state index is 8.88. The standard InChI is InChI=1S/C8H6N4S/c1-5-8(3-10,4-11)6(2-9)7(12)13-5/h5H,12H2,1H3/t5-/m0/s1. The smallest absolute Gasteiger partial charge is 0.192 e. The molecule has 0 bridgehead atoms. The van der Waals surface area contributed by atoms with E-state index in [1.165, 1.54) is 11.8 Å². The zero-order valence-corrected chi connectivity index (χ0v) is 7.72. The number of hydrogen-bond acceptors (Lipinski definition) is 5. The molecule has 0 aromatic carbocycles. The van der Waals surface area contributed by atoms with Crippen molar-refractivity contribution in [2.75, 3.05) is 0 Å². The van der Waals surface area contributed by atoms with Crippen LogP contribution in [0.25, 0.3) is 0 Å². The summed E-state index contributed by atoms with van der Waals surface area (Å²) in [5.41, 5.74) is 4.26. The molecule has 1 aliphatic rings. The second-order valence-corrected chi connectivity index (χ2v) is 4.03. The van der Waals surface area contributed by atoms with Gasteiger partial charge in [0.25, 0.3) is 0 Å². The SMILES string of the molecule is C[C@@H]1SC(N)=C(C#N)C1(C#N)C#N. The average molecular weight is 190 g/mol. The Bertz CT molecular complexity index is 376. The van der Waals surface area contributed by atoms with Gasteiger partial charge in [0.2, 0.25) is 0 Å². The molecule has 0 fully saturated rings. The molecular formula is C8H6N4S. The van der Waals surface area contributed by atoms with E-state index in [-0.39, 0.29) is 15.9 Å². The van der Waals surface area contributed by atoms with Gasteiger partial charge < -0.3 is 5.73 Å². The van der Waals surface area contributed by atoms with Gasteiger partial charge in [0, 0.05) is 5.25 Å². The molecule has 0 aromatic heterocycles. The Hall–Kier alpha value is -1.64. The number of nitrogens with two attached hydrogens (primary N) is 1. The summed E-state index contributed by atoms with van der Waals surface area (Å²) in [5, 5.41) is 26.5. The lowest BCUT2D eigenvalue weighted by atomic mass is 9.81. The third-order valence-corrected chi connectivity index (χ3v) is 3.18. The van der Waals surface area contributed by atoms with E-state index in [1.54, 1.807) is 6.92 Å². The van der Waals surface area contributed by atoms with Crippen LogP contribution in [-0.4, -0.2) is 5.25 Å². The van der Waals surface area contributed by atoms with Gasteiger partial charge in [-0.05, 0) is 6.92 Å². The van der Waals surface area contributed by atoms with Crippen LogP contribution in [0.4, 0.5) is 0 Å². The Morgan fingerprint density at radius 1 is 1.38 bits per heavy atom. The average Bonchev–Trinajstić information content (AvgIpc) is 2.36. The molecule has 0 saturated heterocycles. The van der Waals surface area contributed by atoms with Crippen LogP contribution >= 0.6 is 11.8 Å². The Labute approximate surface area is 80.2 Å². The second-order valence-electron chi connectivity index (χ2n) is 2.64. The molecule has 0 aliphatic carbocycles. The fourth-order valence-corrected chi connectivity index (χ4v) is 2.30. The highest BCUT2D eigenvalue weighted by molar-refractivity contribution is 8.03. The predicted molar refractivity (Wildman–Crippen MR) is 47.5 cm³/mol. The molecule has 13 heavy (non-hydrogen) atoms. The Balaban J connectivity index is 3.35.